The molecule has 0 bridgehead atoms. The molecule has 0 aliphatic heterocycles. The van der Waals surface area contributed by atoms with Crippen molar-refractivity contribution in [2.45, 2.75) is 112 Å². The number of rotatable bonds is 5. The standard InChI is InChI=1S/C31H47BrO4S/c1-16(2)23(32)9-8-19(28(35)36)26-20(18(4)37)15-31(7)22(26)14-25(34)27-29(5)12-11-24(33)17(3)21(29)10-13-30(27,31)6/h17,20-22,24-25,27,33-34H,8-15H2,1-7H3,(H,35,36)/b26-19+/t17-,20+,21-,22-,24+,25+,27?,29-,30-,31-/m0/s1. The van der Waals surface area contributed by atoms with Crippen molar-refractivity contribution >= 4 is 39.0 Å². The molecule has 10 atom stereocenters. The van der Waals surface area contributed by atoms with E-state index in [9.17, 15) is 20.1 Å². The zero-order valence-electron chi connectivity index (χ0n) is 23.7. The maximum Gasteiger partial charge on any atom is 0.331 e. The van der Waals surface area contributed by atoms with E-state index in [1.165, 1.54) is 0 Å². The normalized spacial score (nSPS) is 46.4. The number of carboxylic acid groups (broad SMARTS) is 1. The second-order valence-corrected chi connectivity index (χ2v) is 15.4. The summed E-state index contributed by atoms with van der Waals surface area (Å²) in [5.74, 6) is -0.102. The van der Waals surface area contributed by atoms with E-state index < -0.39 is 12.1 Å². The number of thiocarbonyl (C=S) groups is 1. The first-order chi connectivity index (χ1) is 17.1. The van der Waals surface area contributed by atoms with Crippen LogP contribution in [0.2, 0.25) is 0 Å². The molecule has 0 saturated heterocycles. The van der Waals surface area contributed by atoms with Crippen LogP contribution in [0, 0.1) is 45.8 Å². The smallest absolute Gasteiger partial charge is 0.331 e. The molecule has 0 aromatic carbocycles. The zero-order chi connectivity index (χ0) is 27.7. The number of aliphatic carboxylic acids is 1. The average molecular weight is 596 g/mol. The van der Waals surface area contributed by atoms with Crippen LogP contribution in [0.1, 0.15) is 99.8 Å². The largest absolute Gasteiger partial charge is 0.478 e. The van der Waals surface area contributed by atoms with Crippen LogP contribution in [0.5, 0.6) is 0 Å². The SMILES string of the molecule is CC(=S)[C@H]1C[C@@]2(C)[C@@H](C[C@@H](O)C3[C@]2(C)CC[C@H]2[C@H](C)[C@H](O)CC[C@]32C)/C1=C(\CCC(Br)=C(C)C)C(=O)O. The van der Waals surface area contributed by atoms with Gasteiger partial charge in [-0.25, -0.2) is 4.79 Å². The van der Waals surface area contributed by atoms with Crippen LogP contribution >= 0.6 is 28.1 Å². The van der Waals surface area contributed by atoms with Crippen LogP contribution < -0.4 is 0 Å². The Hall–Kier alpha value is -0.560. The number of halogens is 1. The molecule has 3 N–H and O–H groups in total. The minimum atomic E-state index is -0.845. The number of hydrogen-bond donors (Lipinski definition) is 3. The first-order valence-electron chi connectivity index (χ1n) is 14.2. The summed E-state index contributed by atoms with van der Waals surface area (Å²) in [6.45, 7) is 15.4. The maximum atomic E-state index is 12.7. The van der Waals surface area contributed by atoms with Gasteiger partial charge in [0.15, 0.2) is 0 Å². The number of fused-ring (bicyclic) bond motifs is 5. The maximum absolute atomic E-state index is 12.7. The lowest BCUT2D eigenvalue weighted by Crippen LogP contribution is -2.65. The predicted octanol–water partition coefficient (Wildman–Crippen LogP) is 7.46. The van der Waals surface area contributed by atoms with E-state index in [0.717, 1.165) is 52.6 Å². The molecule has 4 rings (SSSR count). The van der Waals surface area contributed by atoms with Gasteiger partial charge in [0.25, 0.3) is 0 Å². The van der Waals surface area contributed by atoms with E-state index in [-0.39, 0.29) is 46.0 Å². The Balaban J connectivity index is 1.83. The van der Waals surface area contributed by atoms with Gasteiger partial charge in [-0.05, 0) is 127 Å². The van der Waals surface area contributed by atoms with E-state index >= 15 is 0 Å². The first-order valence-corrected chi connectivity index (χ1v) is 15.4. The third-order valence-corrected chi connectivity index (χ3v) is 13.5. The highest BCUT2D eigenvalue weighted by Crippen LogP contribution is 2.75. The van der Waals surface area contributed by atoms with Crippen molar-refractivity contribution in [3.63, 3.8) is 0 Å². The summed E-state index contributed by atoms with van der Waals surface area (Å²) >= 11 is 9.45. The molecular formula is C31H47BrO4S. The van der Waals surface area contributed by atoms with Gasteiger partial charge in [0.05, 0.1) is 12.2 Å². The third-order valence-electron chi connectivity index (χ3n) is 12.0. The van der Waals surface area contributed by atoms with E-state index in [1.54, 1.807) is 0 Å². The molecule has 4 aliphatic rings. The van der Waals surface area contributed by atoms with Crippen molar-refractivity contribution in [1.29, 1.82) is 0 Å². The van der Waals surface area contributed by atoms with Gasteiger partial charge in [-0.2, -0.15) is 0 Å². The van der Waals surface area contributed by atoms with Gasteiger partial charge < -0.3 is 15.3 Å². The monoisotopic (exact) mass is 594 g/mol. The molecule has 0 aromatic heterocycles. The molecule has 0 aromatic rings. The molecular weight excluding hydrogens is 548 g/mol. The van der Waals surface area contributed by atoms with Crippen molar-refractivity contribution in [3.05, 3.63) is 21.2 Å². The molecule has 0 amide bonds. The average Bonchev–Trinajstić information content (AvgIpc) is 3.10. The van der Waals surface area contributed by atoms with Crippen LogP contribution in [0.25, 0.3) is 0 Å². The Morgan fingerprint density at radius 2 is 1.68 bits per heavy atom. The fraction of sp³-hybridized carbons (Fsp3) is 0.806. The van der Waals surface area contributed by atoms with E-state index in [0.29, 0.717) is 30.8 Å². The zero-order valence-corrected chi connectivity index (χ0v) is 26.1. The summed E-state index contributed by atoms with van der Waals surface area (Å²) in [5, 5.41) is 33.1. The molecule has 4 nitrogen and oxygen atoms in total. The van der Waals surface area contributed by atoms with Gasteiger partial charge in [-0.3, -0.25) is 0 Å². The number of allylic oxidation sites excluding steroid dienone is 3. The van der Waals surface area contributed by atoms with Gasteiger partial charge in [-0.1, -0.05) is 61.4 Å². The number of aliphatic hydroxyl groups is 2. The second-order valence-electron chi connectivity index (χ2n) is 13.8. The van der Waals surface area contributed by atoms with Crippen LogP contribution in [-0.4, -0.2) is 38.4 Å². The highest BCUT2D eigenvalue weighted by atomic mass is 79.9. The lowest BCUT2D eigenvalue weighted by molar-refractivity contribution is -0.233. The van der Waals surface area contributed by atoms with Gasteiger partial charge in [0.2, 0.25) is 0 Å². The van der Waals surface area contributed by atoms with Crippen LogP contribution in [0.3, 0.4) is 0 Å². The van der Waals surface area contributed by atoms with E-state index in [1.807, 2.05) is 20.8 Å². The second kappa shape index (κ2) is 10.1. The van der Waals surface area contributed by atoms with Crippen LogP contribution in [-0.2, 0) is 4.79 Å². The Morgan fingerprint density at radius 3 is 2.24 bits per heavy atom. The van der Waals surface area contributed by atoms with Crippen LogP contribution in [0.4, 0.5) is 0 Å². The predicted molar refractivity (Wildman–Crippen MR) is 157 cm³/mol. The molecule has 0 spiro atoms. The summed E-state index contributed by atoms with van der Waals surface area (Å²) in [7, 11) is 0. The number of carbonyl (C=O) groups is 1. The summed E-state index contributed by atoms with van der Waals surface area (Å²) in [6.07, 6.45) is 5.63. The van der Waals surface area contributed by atoms with Gasteiger partial charge in [-0.15, -0.1) is 0 Å². The Kier molecular flexibility index (Phi) is 8.05. The molecule has 1 unspecified atom stereocenters. The van der Waals surface area contributed by atoms with Gasteiger partial charge in [0, 0.05) is 11.5 Å². The summed E-state index contributed by atoms with van der Waals surface area (Å²) in [4.78, 5) is 13.6. The first kappa shape index (κ1) is 29.4. The lowest BCUT2D eigenvalue weighted by atomic mass is 9.36. The van der Waals surface area contributed by atoms with Crippen molar-refractivity contribution in [1.82, 2.24) is 0 Å². The molecule has 208 valence electrons. The molecule has 0 radical (unpaired) electrons. The molecule has 4 fully saturated rings. The summed E-state index contributed by atoms with van der Waals surface area (Å²) < 4.78 is 1.05. The summed E-state index contributed by atoms with van der Waals surface area (Å²) in [5.41, 5.74) is 2.36. The number of carboxylic acids is 1. The Morgan fingerprint density at radius 1 is 1.03 bits per heavy atom. The molecule has 6 heteroatoms. The highest BCUT2D eigenvalue weighted by Gasteiger charge is 2.70. The molecule has 0 heterocycles. The van der Waals surface area contributed by atoms with Crippen LogP contribution in [0.15, 0.2) is 21.2 Å². The van der Waals surface area contributed by atoms with Gasteiger partial charge >= 0.3 is 5.97 Å². The molecule has 4 aliphatic carbocycles. The van der Waals surface area contributed by atoms with E-state index in [2.05, 4.69) is 43.6 Å². The Bertz CT molecular complexity index is 1030. The summed E-state index contributed by atoms with van der Waals surface area (Å²) in [6, 6.07) is 0. The lowest BCUT2D eigenvalue weighted by Gasteiger charge is -2.69. The van der Waals surface area contributed by atoms with Crippen molar-refractivity contribution in [3.8, 4) is 0 Å². The minimum Gasteiger partial charge on any atom is -0.478 e. The van der Waals surface area contributed by atoms with Crippen molar-refractivity contribution < 1.29 is 20.1 Å². The third kappa shape index (κ3) is 4.44. The minimum absolute atomic E-state index is 0.00924. The fourth-order valence-corrected chi connectivity index (χ4v) is 10.3. The number of aliphatic hydroxyl groups excluding tert-OH is 2. The van der Waals surface area contributed by atoms with Crippen molar-refractivity contribution in [2.24, 2.45) is 45.8 Å². The topological polar surface area (TPSA) is 77.8 Å². The highest BCUT2D eigenvalue weighted by molar-refractivity contribution is 9.11. The van der Waals surface area contributed by atoms with Gasteiger partial charge in [0.1, 0.15) is 0 Å². The fourth-order valence-electron chi connectivity index (χ4n) is 9.90. The quantitative estimate of drug-likeness (QED) is 0.227. The van der Waals surface area contributed by atoms with Crippen molar-refractivity contribution in [2.75, 3.05) is 0 Å². The Labute approximate surface area is 237 Å². The molecule has 37 heavy (non-hydrogen) atoms. The van der Waals surface area contributed by atoms with E-state index in [4.69, 9.17) is 12.2 Å². The molecule has 4 saturated carbocycles. The number of hydrogen-bond acceptors (Lipinski definition) is 4.